The van der Waals surface area contributed by atoms with Crippen LogP contribution in [0.15, 0.2) is 27.4 Å². The molecule has 1 aromatic carbocycles. The fourth-order valence-corrected chi connectivity index (χ4v) is 1.51. The number of benzene rings is 1. The van der Waals surface area contributed by atoms with Gasteiger partial charge in [-0.1, -0.05) is 0 Å². The maximum Gasteiger partial charge on any atom is 0.336 e. The molecular weight excluding hydrogens is 182 g/mol. The standard InChI is InChI=1S/C10H9NO3/c1-5-2-9(13)14-8-4-6(12)3-7(11)10(5)8/h2-4,12H,11H2,1H3. The lowest BCUT2D eigenvalue weighted by atomic mass is 10.1. The molecule has 1 aromatic heterocycles. The van der Waals surface area contributed by atoms with Gasteiger partial charge >= 0.3 is 5.63 Å². The van der Waals surface area contributed by atoms with Crippen LogP contribution in [0.2, 0.25) is 0 Å². The van der Waals surface area contributed by atoms with Gasteiger partial charge in [0.25, 0.3) is 0 Å². The van der Waals surface area contributed by atoms with Crippen LogP contribution in [0.3, 0.4) is 0 Å². The molecule has 0 saturated heterocycles. The van der Waals surface area contributed by atoms with Gasteiger partial charge in [-0.15, -0.1) is 0 Å². The van der Waals surface area contributed by atoms with Crippen LogP contribution in [-0.4, -0.2) is 5.11 Å². The number of hydrogen-bond acceptors (Lipinski definition) is 4. The van der Waals surface area contributed by atoms with Crippen molar-refractivity contribution in [2.75, 3.05) is 5.73 Å². The third-order valence-electron chi connectivity index (χ3n) is 2.06. The number of fused-ring (bicyclic) bond motifs is 1. The molecule has 0 aliphatic heterocycles. The zero-order valence-corrected chi connectivity index (χ0v) is 7.57. The van der Waals surface area contributed by atoms with Crippen molar-refractivity contribution < 1.29 is 9.52 Å². The Bertz CT molecular complexity index is 557. The highest BCUT2D eigenvalue weighted by Crippen LogP contribution is 2.27. The molecule has 0 radical (unpaired) electrons. The predicted octanol–water partition coefficient (Wildman–Crippen LogP) is 1.39. The molecule has 0 unspecified atom stereocenters. The van der Waals surface area contributed by atoms with Gasteiger partial charge in [0, 0.05) is 29.3 Å². The largest absolute Gasteiger partial charge is 0.508 e. The highest BCUT2D eigenvalue weighted by molar-refractivity contribution is 5.92. The van der Waals surface area contributed by atoms with E-state index in [0.717, 1.165) is 5.56 Å². The Hall–Kier alpha value is -1.97. The van der Waals surface area contributed by atoms with Crippen molar-refractivity contribution in [2.24, 2.45) is 0 Å². The number of hydrogen-bond donors (Lipinski definition) is 2. The zero-order valence-electron chi connectivity index (χ0n) is 7.57. The van der Waals surface area contributed by atoms with Crippen LogP contribution >= 0.6 is 0 Å². The Kier molecular flexibility index (Phi) is 1.70. The van der Waals surface area contributed by atoms with Gasteiger partial charge in [0.2, 0.25) is 0 Å². The summed E-state index contributed by atoms with van der Waals surface area (Å²) >= 11 is 0. The molecule has 1 heterocycles. The van der Waals surface area contributed by atoms with Gasteiger partial charge in [-0.25, -0.2) is 4.79 Å². The van der Waals surface area contributed by atoms with Crippen molar-refractivity contribution >= 4 is 16.7 Å². The molecule has 4 heteroatoms. The Labute approximate surface area is 79.6 Å². The molecular formula is C10H9NO3. The highest BCUT2D eigenvalue weighted by Gasteiger charge is 2.06. The minimum atomic E-state index is -0.444. The molecule has 72 valence electrons. The summed E-state index contributed by atoms with van der Waals surface area (Å²) in [7, 11) is 0. The van der Waals surface area contributed by atoms with Gasteiger partial charge in [0.1, 0.15) is 11.3 Å². The van der Waals surface area contributed by atoms with Crippen LogP contribution in [0.5, 0.6) is 5.75 Å². The second-order valence-corrected chi connectivity index (χ2v) is 3.16. The van der Waals surface area contributed by atoms with Crippen LogP contribution in [0.4, 0.5) is 5.69 Å². The lowest BCUT2D eigenvalue weighted by molar-refractivity contribution is 0.473. The minimum absolute atomic E-state index is 0.0104. The molecule has 0 aliphatic carbocycles. The highest BCUT2D eigenvalue weighted by atomic mass is 16.4. The number of aryl methyl sites for hydroxylation is 1. The molecule has 4 nitrogen and oxygen atoms in total. The topological polar surface area (TPSA) is 76.5 Å². The molecule has 2 aromatic rings. The van der Waals surface area contributed by atoms with E-state index in [9.17, 15) is 9.90 Å². The molecule has 14 heavy (non-hydrogen) atoms. The molecule has 0 amide bonds. The van der Waals surface area contributed by atoms with E-state index in [1.165, 1.54) is 18.2 Å². The van der Waals surface area contributed by atoms with E-state index in [2.05, 4.69) is 0 Å². The van der Waals surface area contributed by atoms with E-state index in [0.29, 0.717) is 16.7 Å². The molecule has 0 atom stereocenters. The van der Waals surface area contributed by atoms with E-state index >= 15 is 0 Å². The van der Waals surface area contributed by atoms with Gasteiger partial charge in [0.15, 0.2) is 0 Å². The van der Waals surface area contributed by atoms with Crippen molar-refractivity contribution in [2.45, 2.75) is 6.92 Å². The summed E-state index contributed by atoms with van der Waals surface area (Å²) in [6.07, 6.45) is 0. The lowest BCUT2D eigenvalue weighted by Gasteiger charge is -2.04. The minimum Gasteiger partial charge on any atom is -0.508 e. The van der Waals surface area contributed by atoms with Gasteiger partial charge in [-0.3, -0.25) is 0 Å². The van der Waals surface area contributed by atoms with Gasteiger partial charge in [0.05, 0.1) is 0 Å². The summed E-state index contributed by atoms with van der Waals surface area (Å²) in [6.45, 7) is 1.77. The molecule has 3 N–H and O–H groups in total. The second kappa shape index (κ2) is 2.77. The van der Waals surface area contributed by atoms with Crippen LogP contribution in [0, 0.1) is 6.92 Å². The fraction of sp³-hybridized carbons (Fsp3) is 0.100. The maximum atomic E-state index is 11.0. The molecule has 0 fully saturated rings. The average molecular weight is 191 g/mol. The first kappa shape index (κ1) is 8.62. The average Bonchev–Trinajstić information content (AvgIpc) is 1.99. The zero-order chi connectivity index (χ0) is 10.3. The number of phenolic OH excluding ortho intramolecular Hbond substituents is 1. The van der Waals surface area contributed by atoms with Crippen LogP contribution in [-0.2, 0) is 0 Å². The van der Waals surface area contributed by atoms with Gasteiger partial charge < -0.3 is 15.3 Å². The molecule has 0 saturated carbocycles. The van der Waals surface area contributed by atoms with Crippen LogP contribution in [0.1, 0.15) is 5.56 Å². The number of nitrogen functional groups attached to an aromatic ring is 1. The van der Waals surface area contributed by atoms with Crippen LogP contribution in [0.25, 0.3) is 11.0 Å². The first-order chi connectivity index (χ1) is 6.58. The van der Waals surface area contributed by atoms with E-state index in [4.69, 9.17) is 10.2 Å². The Morgan fingerprint density at radius 3 is 2.79 bits per heavy atom. The molecule has 0 aliphatic rings. The predicted molar refractivity (Wildman–Crippen MR) is 53.3 cm³/mol. The van der Waals surface area contributed by atoms with Crippen molar-refractivity contribution in [3.05, 3.63) is 34.2 Å². The summed E-state index contributed by atoms with van der Waals surface area (Å²) in [6, 6.07) is 4.17. The number of anilines is 1. The van der Waals surface area contributed by atoms with Gasteiger partial charge in [-0.05, 0) is 12.5 Å². The van der Waals surface area contributed by atoms with Crippen molar-refractivity contribution in [3.8, 4) is 5.75 Å². The first-order valence-electron chi connectivity index (χ1n) is 4.11. The molecule has 0 bridgehead atoms. The summed E-state index contributed by atoms with van der Waals surface area (Å²) in [4.78, 5) is 11.0. The maximum absolute atomic E-state index is 11.0. The van der Waals surface area contributed by atoms with Crippen molar-refractivity contribution in [3.63, 3.8) is 0 Å². The number of rotatable bonds is 0. The van der Waals surface area contributed by atoms with Crippen molar-refractivity contribution in [1.29, 1.82) is 0 Å². The Morgan fingerprint density at radius 1 is 1.36 bits per heavy atom. The number of aromatic hydroxyl groups is 1. The Balaban J connectivity index is 3.01. The third-order valence-corrected chi connectivity index (χ3v) is 2.06. The molecule has 2 rings (SSSR count). The van der Waals surface area contributed by atoms with E-state index in [1.807, 2.05) is 0 Å². The van der Waals surface area contributed by atoms with Crippen LogP contribution < -0.4 is 11.4 Å². The fourth-order valence-electron chi connectivity index (χ4n) is 1.51. The number of nitrogens with two attached hydrogens (primary N) is 1. The number of phenols is 1. The normalized spacial score (nSPS) is 10.6. The first-order valence-corrected chi connectivity index (χ1v) is 4.11. The quantitative estimate of drug-likeness (QED) is 0.487. The third kappa shape index (κ3) is 1.21. The smallest absolute Gasteiger partial charge is 0.336 e. The summed E-state index contributed by atoms with van der Waals surface area (Å²) < 4.78 is 4.91. The SMILES string of the molecule is Cc1cc(=O)oc2cc(O)cc(N)c12. The van der Waals surface area contributed by atoms with Gasteiger partial charge in [-0.2, -0.15) is 0 Å². The second-order valence-electron chi connectivity index (χ2n) is 3.16. The van der Waals surface area contributed by atoms with E-state index in [1.54, 1.807) is 6.92 Å². The lowest BCUT2D eigenvalue weighted by Crippen LogP contribution is -1.99. The monoisotopic (exact) mass is 191 g/mol. The molecule has 0 spiro atoms. The summed E-state index contributed by atoms with van der Waals surface area (Å²) in [5, 5.41) is 9.92. The van der Waals surface area contributed by atoms with E-state index < -0.39 is 5.63 Å². The Morgan fingerprint density at radius 2 is 2.07 bits per heavy atom. The summed E-state index contributed by atoms with van der Waals surface area (Å²) in [5.74, 6) is -0.0104. The summed E-state index contributed by atoms with van der Waals surface area (Å²) in [5.41, 5.74) is 6.70. The van der Waals surface area contributed by atoms with E-state index in [-0.39, 0.29) is 5.75 Å². The van der Waals surface area contributed by atoms with Crippen molar-refractivity contribution in [1.82, 2.24) is 0 Å².